The SMILES string of the molecule is CCC/C=C\C/C=C\CCCCCCCC(=O)OC(COC(=O)CCCCCCCCCCCCCCCCCCCCCCC)COC1OC(CS(=O)(=O)O)C(O)C(O)C1O. The summed E-state index contributed by atoms with van der Waals surface area (Å²) in [5.74, 6) is -1.99. The Morgan fingerprint density at radius 1 is 0.548 bits per heavy atom. The van der Waals surface area contributed by atoms with E-state index >= 15 is 0 Å². The van der Waals surface area contributed by atoms with Crippen LogP contribution >= 0.6 is 0 Å². The molecular formula is C49H90O12S. The van der Waals surface area contributed by atoms with E-state index in [-0.39, 0.29) is 19.4 Å². The molecule has 0 aliphatic carbocycles. The van der Waals surface area contributed by atoms with E-state index in [1.165, 1.54) is 109 Å². The molecule has 1 rings (SSSR count). The second kappa shape index (κ2) is 39.5. The number of carbonyl (C=O) groups excluding carboxylic acids is 2. The van der Waals surface area contributed by atoms with Crippen molar-refractivity contribution in [3.8, 4) is 0 Å². The number of aliphatic hydroxyl groups is 3. The van der Waals surface area contributed by atoms with Gasteiger partial charge in [0.25, 0.3) is 10.1 Å². The van der Waals surface area contributed by atoms with E-state index < -0.39 is 71.2 Å². The first-order valence-electron chi connectivity index (χ1n) is 24.9. The number of unbranched alkanes of at least 4 members (excludes halogenated alkanes) is 26. The summed E-state index contributed by atoms with van der Waals surface area (Å²) in [5.41, 5.74) is 0. The Morgan fingerprint density at radius 2 is 1.00 bits per heavy atom. The van der Waals surface area contributed by atoms with Crippen molar-refractivity contribution in [2.75, 3.05) is 19.0 Å². The van der Waals surface area contributed by atoms with E-state index in [0.29, 0.717) is 12.8 Å². The Hall–Kier alpha value is -1.87. The lowest BCUT2D eigenvalue weighted by atomic mass is 10.00. The number of allylic oxidation sites excluding steroid dienone is 4. The minimum Gasteiger partial charge on any atom is -0.462 e. The predicted molar refractivity (Wildman–Crippen MR) is 247 cm³/mol. The molecule has 62 heavy (non-hydrogen) atoms. The summed E-state index contributed by atoms with van der Waals surface area (Å²) in [4.78, 5) is 25.4. The smallest absolute Gasteiger partial charge is 0.306 e. The summed E-state index contributed by atoms with van der Waals surface area (Å²) in [6.45, 7) is 3.71. The van der Waals surface area contributed by atoms with Crippen LogP contribution in [0.2, 0.25) is 0 Å². The normalized spacial score (nSPS) is 20.0. The molecule has 0 saturated carbocycles. The maximum atomic E-state index is 12.8. The van der Waals surface area contributed by atoms with Crippen LogP contribution in [-0.4, -0.2) is 96.0 Å². The molecule has 0 aromatic heterocycles. The zero-order valence-corrected chi connectivity index (χ0v) is 39.8. The minimum absolute atomic E-state index is 0.151. The first-order chi connectivity index (χ1) is 30.0. The van der Waals surface area contributed by atoms with Gasteiger partial charge in [-0.2, -0.15) is 8.42 Å². The molecule has 0 amide bonds. The number of rotatable bonds is 42. The highest BCUT2D eigenvalue weighted by Gasteiger charge is 2.46. The van der Waals surface area contributed by atoms with Gasteiger partial charge in [0.1, 0.15) is 36.8 Å². The molecule has 0 aromatic rings. The van der Waals surface area contributed by atoms with Crippen LogP contribution in [0.3, 0.4) is 0 Å². The van der Waals surface area contributed by atoms with Crippen LogP contribution < -0.4 is 0 Å². The van der Waals surface area contributed by atoms with E-state index in [0.717, 1.165) is 70.6 Å². The van der Waals surface area contributed by atoms with Gasteiger partial charge in [-0.05, 0) is 38.5 Å². The fraction of sp³-hybridized carbons (Fsp3) is 0.878. The van der Waals surface area contributed by atoms with Crippen molar-refractivity contribution in [3.05, 3.63) is 24.3 Å². The maximum absolute atomic E-state index is 12.8. The highest BCUT2D eigenvalue weighted by Crippen LogP contribution is 2.24. The van der Waals surface area contributed by atoms with Gasteiger partial charge in [0, 0.05) is 12.8 Å². The minimum atomic E-state index is -4.60. The van der Waals surface area contributed by atoms with Gasteiger partial charge >= 0.3 is 11.9 Å². The van der Waals surface area contributed by atoms with Crippen LogP contribution in [0.4, 0.5) is 0 Å². The molecule has 12 nitrogen and oxygen atoms in total. The van der Waals surface area contributed by atoms with Crippen molar-refractivity contribution in [2.24, 2.45) is 0 Å². The Kier molecular flexibility index (Phi) is 37.0. The van der Waals surface area contributed by atoms with Gasteiger partial charge in [-0.25, -0.2) is 0 Å². The van der Waals surface area contributed by atoms with Crippen LogP contribution in [-0.2, 0) is 38.7 Å². The fourth-order valence-corrected chi connectivity index (χ4v) is 8.35. The molecular weight excluding hydrogens is 813 g/mol. The Bertz CT molecular complexity index is 1240. The summed E-state index contributed by atoms with van der Waals surface area (Å²) in [6, 6.07) is 0. The molecule has 364 valence electrons. The van der Waals surface area contributed by atoms with E-state index in [1.54, 1.807) is 0 Å². The van der Waals surface area contributed by atoms with Crippen LogP contribution in [0.1, 0.15) is 219 Å². The monoisotopic (exact) mass is 903 g/mol. The number of esters is 2. The largest absolute Gasteiger partial charge is 0.462 e. The van der Waals surface area contributed by atoms with Crippen molar-refractivity contribution in [1.29, 1.82) is 0 Å². The lowest BCUT2D eigenvalue weighted by molar-refractivity contribution is -0.297. The van der Waals surface area contributed by atoms with Gasteiger partial charge in [0.15, 0.2) is 12.4 Å². The first-order valence-corrected chi connectivity index (χ1v) is 26.5. The number of aliphatic hydroxyl groups excluding tert-OH is 3. The topological polar surface area (TPSA) is 186 Å². The molecule has 1 saturated heterocycles. The lowest BCUT2D eigenvalue weighted by Crippen LogP contribution is -2.60. The van der Waals surface area contributed by atoms with Crippen LogP contribution in [0.25, 0.3) is 0 Å². The molecule has 4 N–H and O–H groups in total. The zero-order valence-electron chi connectivity index (χ0n) is 39.0. The Labute approximate surface area is 377 Å². The molecule has 13 heteroatoms. The molecule has 1 heterocycles. The summed E-state index contributed by atoms with van der Waals surface area (Å²) >= 11 is 0. The van der Waals surface area contributed by atoms with Crippen molar-refractivity contribution in [2.45, 2.75) is 256 Å². The third-order valence-corrected chi connectivity index (χ3v) is 12.3. The second-order valence-corrected chi connectivity index (χ2v) is 19.0. The maximum Gasteiger partial charge on any atom is 0.306 e. The molecule has 1 aliphatic rings. The molecule has 1 fully saturated rings. The van der Waals surface area contributed by atoms with E-state index in [1.807, 2.05) is 0 Å². The third-order valence-electron chi connectivity index (χ3n) is 11.5. The highest BCUT2D eigenvalue weighted by molar-refractivity contribution is 7.85. The van der Waals surface area contributed by atoms with Crippen molar-refractivity contribution < 1.29 is 56.8 Å². The number of ether oxygens (including phenoxy) is 4. The second-order valence-electron chi connectivity index (χ2n) is 17.5. The van der Waals surface area contributed by atoms with E-state index in [2.05, 4.69) is 38.2 Å². The molecule has 6 atom stereocenters. The van der Waals surface area contributed by atoms with Crippen molar-refractivity contribution in [3.63, 3.8) is 0 Å². The quantitative estimate of drug-likeness (QED) is 0.0197. The average Bonchev–Trinajstić information content (AvgIpc) is 3.24. The Morgan fingerprint density at radius 3 is 1.48 bits per heavy atom. The third kappa shape index (κ3) is 33.6. The van der Waals surface area contributed by atoms with Gasteiger partial charge in [-0.15, -0.1) is 0 Å². The van der Waals surface area contributed by atoms with Gasteiger partial charge < -0.3 is 34.3 Å². The number of hydrogen-bond donors (Lipinski definition) is 4. The summed E-state index contributed by atoms with van der Waals surface area (Å²) in [6.07, 6.45) is 35.1. The van der Waals surface area contributed by atoms with Crippen LogP contribution in [0.5, 0.6) is 0 Å². The Balaban J connectivity index is 2.35. The predicted octanol–water partition coefficient (Wildman–Crippen LogP) is 10.8. The van der Waals surface area contributed by atoms with Crippen LogP contribution in [0.15, 0.2) is 24.3 Å². The molecule has 1 aliphatic heterocycles. The lowest BCUT2D eigenvalue weighted by Gasteiger charge is -2.40. The van der Waals surface area contributed by atoms with E-state index in [4.69, 9.17) is 18.9 Å². The summed E-state index contributed by atoms with van der Waals surface area (Å²) < 4.78 is 54.1. The summed E-state index contributed by atoms with van der Waals surface area (Å²) in [7, 11) is -4.60. The molecule has 6 unspecified atom stereocenters. The molecule has 0 aromatic carbocycles. The van der Waals surface area contributed by atoms with Gasteiger partial charge in [-0.3, -0.25) is 14.1 Å². The van der Waals surface area contributed by atoms with Gasteiger partial charge in [0.05, 0.1) is 6.61 Å². The molecule has 0 radical (unpaired) electrons. The number of hydrogen-bond acceptors (Lipinski definition) is 11. The zero-order chi connectivity index (χ0) is 45.5. The first kappa shape index (κ1) is 58.1. The van der Waals surface area contributed by atoms with E-state index in [9.17, 15) is 37.9 Å². The van der Waals surface area contributed by atoms with Gasteiger partial charge in [-0.1, -0.05) is 192 Å². The molecule has 0 bridgehead atoms. The number of carbonyl (C=O) groups is 2. The van der Waals surface area contributed by atoms with Crippen molar-refractivity contribution in [1.82, 2.24) is 0 Å². The standard InChI is InChI=1S/C49H90O12S/c1-3-5-7-9-11-13-15-17-18-19-20-21-22-23-24-26-27-29-31-33-35-37-44(50)58-39-42(40-59-49-48(54)47(53)46(52)43(61-49)41-62(55,56)57)60-45(51)38-36-34-32-30-28-25-16-14-12-10-8-6-4-2/h8,10,14,16,42-43,46-49,52-54H,3-7,9,11-13,15,17-41H2,1-2H3,(H,55,56,57)/b10-8-,16-14-. The van der Waals surface area contributed by atoms with Crippen LogP contribution in [0, 0.1) is 0 Å². The summed E-state index contributed by atoms with van der Waals surface area (Å²) in [5, 5.41) is 30.9. The molecule has 0 spiro atoms. The van der Waals surface area contributed by atoms with Gasteiger partial charge in [0.2, 0.25) is 0 Å². The van der Waals surface area contributed by atoms with Crippen molar-refractivity contribution >= 4 is 22.1 Å². The highest BCUT2D eigenvalue weighted by atomic mass is 32.2. The average molecular weight is 903 g/mol. The fourth-order valence-electron chi connectivity index (χ4n) is 7.66.